The molecular weight excluding hydrogens is 292 g/mol. The monoisotopic (exact) mass is 308 g/mol. The highest BCUT2D eigenvalue weighted by molar-refractivity contribution is 8.00. The summed E-state index contributed by atoms with van der Waals surface area (Å²) in [4.78, 5) is 36.8. The minimum atomic E-state index is -0.461. The van der Waals surface area contributed by atoms with Gasteiger partial charge in [0.1, 0.15) is 0 Å². The van der Waals surface area contributed by atoms with E-state index in [9.17, 15) is 14.4 Å². The van der Waals surface area contributed by atoms with Crippen LogP contribution in [-0.2, 0) is 14.3 Å². The highest BCUT2D eigenvalue weighted by Crippen LogP contribution is 2.29. The van der Waals surface area contributed by atoms with E-state index < -0.39 is 5.97 Å². The summed E-state index contributed by atoms with van der Waals surface area (Å²) in [5.74, 6) is -0.291. The molecule has 1 aromatic rings. The van der Waals surface area contributed by atoms with Crippen LogP contribution in [0.2, 0.25) is 0 Å². The van der Waals surface area contributed by atoms with Crippen molar-refractivity contribution >= 4 is 35.2 Å². The Morgan fingerprint density at radius 3 is 2.62 bits per heavy atom. The summed E-state index contributed by atoms with van der Waals surface area (Å²) < 4.78 is 4.60. The fourth-order valence-corrected chi connectivity index (χ4v) is 3.01. The molecule has 2 rings (SSSR count). The fraction of sp³-hybridized carbons (Fsp3) is 0.357. The van der Waals surface area contributed by atoms with Gasteiger partial charge in [0.05, 0.1) is 23.6 Å². The number of methoxy groups -OCH3 is 1. The van der Waals surface area contributed by atoms with Crippen molar-refractivity contribution in [3.8, 4) is 0 Å². The van der Waals surface area contributed by atoms with Gasteiger partial charge in [-0.1, -0.05) is 0 Å². The van der Waals surface area contributed by atoms with Crippen LogP contribution in [0.25, 0.3) is 0 Å². The van der Waals surface area contributed by atoms with Crippen molar-refractivity contribution in [3.63, 3.8) is 0 Å². The smallest absolute Gasteiger partial charge is 0.337 e. The molecule has 0 spiro atoms. The van der Waals surface area contributed by atoms with Gasteiger partial charge in [-0.25, -0.2) is 9.69 Å². The van der Waals surface area contributed by atoms with Crippen LogP contribution in [0.1, 0.15) is 16.8 Å². The molecule has 0 aliphatic carbocycles. The minimum absolute atomic E-state index is 0.183. The maximum absolute atomic E-state index is 12.2. The van der Waals surface area contributed by atoms with E-state index in [-0.39, 0.29) is 23.5 Å². The number of thioether (sulfide) groups is 1. The summed E-state index contributed by atoms with van der Waals surface area (Å²) in [5.41, 5.74) is 6.25. The Morgan fingerprint density at radius 2 is 2.05 bits per heavy atom. The SMILES string of the molecule is COC(=O)c1ccc(N2C(=O)C[C@H](SCCN)C2=O)cc1. The van der Waals surface area contributed by atoms with E-state index in [2.05, 4.69) is 4.74 Å². The quantitative estimate of drug-likeness (QED) is 0.639. The molecule has 6 nitrogen and oxygen atoms in total. The second kappa shape index (κ2) is 6.73. The van der Waals surface area contributed by atoms with Gasteiger partial charge in [-0.2, -0.15) is 0 Å². The second-order valence-corrected chi connectivity index (χ2v) is 5.77. The third-order valence-corrected chi connectivity index (χ3v) is 4.33. The zero-order valence-electron chi connectivity index (χ0n) is 11.6. The zero-order chi connectivity index (χ0) is 15.4. The molecule has 1 atom stereocenters. The number of ether oxygens (including phenoxy) is 1. The van der Waals surface area contributed by atoms with E-state index in [4.69, 9.17) is 5.73 Å². The summed E-state index contributed by atoms with van der Waals surface area (Å²) in [6, 6.07) is 6.19. The highest BCUT2D eigenvalue weighted by atomic mass is 32.2. The van der Waals surface area contributed by atoms with Crippen LogP contribution in [0.15, 0.2) is 24.3 Å². The van der Waals surface area contributed by atoms with Crippen LogP contribution in [-0.4, -0.2) is 42.4 Å². The number of hydrogen-bond acceptors (Lipinski definition) is 6. The number of amides is 2. The van der Waals surface area contributed by atoms with Crippen LogP contribution in [0, 0.1) is 0 Å². The molecule has 112 valence electrons. The molecule has 0 unspecified atom stereocenters. The Bertz CT molecular complexity index is 559. The lowest BCUT2D eigenvalue weighted by Crippen LogP contribution is -2.31. The minimum Gasteiger partial charge on any atom is -0.465 e. The molecule has 1 aromatic carbocycles. The first-order valence-electron chi connectivity index (χ1n) is 6.45. The zero-order valence-corrected chi connectivity index (χ0v) is 12.4. The van der Waals surface area contributed by atoms with Crippen molar-refractivity contribution in [2.75, 3.05) is 24.3 Å². The van der Waals surface area contributed by atoms with Crippen molar-refractivity contribution in [2.45, 2.75) is 11.7 Å². The number of nitrogens with zero attached hydrogens (tertiary/aromatic N) is 1. The first kappa shape index (κ1) is 15.5. The van der Waals surface area contributed by atoms with Gasteiger partial charge in [0.15, 0.2) is 0 Å². The standard InChI is InChI=1S/C14H16N2O4S/c1-20-14(19)9-2-4-10(5-3-9)16-12(17)8-11(13(16)18)21-7-6-15/h2-5,11H,6-8,15H2,1H3/t11-/m0/s1. The Labute approximate surface area is 126 Å². The Hall–Kier alpha value is -1.86. The van der Waals surface area contributed by atoms with Crippen molar-refractivity contribution in [1.82, 2.24) is 0 Å². The molecule has 0 aromatic heterocycles. The van der Waals surface area contributed by atoms with Gasteiger partial charge < -0.3 is 10.5 Å². The number of nitrogens with two attached hydrogens (primary N) is 1. The number of carbonyl (C=O) groups excluding carboxylic acids is 3. The van der Waals surface area contributed by atoms with E-state index in [0.717, 1.165) is 4.90 Å². The molecule has 7 heteroatoms. The van der Waals surface area contributed by atoms with Crippen molar-refractivity contribution < 1.29 is 19.1 Å². The molecule has 1 aliphatic rings. The van der Waals surface area contributed by atoms with Crippen molar-refractivity contribution in [3.05, 3.63) is 29.8 Å². The van der Waals surface area contributed by atoms with Crippen LogP contribution >= 0.6 is 11.8 Å². The summed E-state index contributed by atoms with van der Waals surface area (Å²) in [6.45, 7) is 0.469. The largest absolute Gasteiger partial charge is 0.465 e. The van der Waals surface area contributed by atoms with Crippen molar-refractivity contribution in [1.29, 1.82) is 0 Å². The first-order valence-corrected chi connectivity index (χ1v) is 7.50. The van der Waals surface area contributed by atoms with E-state index in [1.807, 2.05) is 0 Å². The molecule has 1 fully saturated rings. The Balaban J connectivity index is 2.16. The number of hydrogen-bond donors (Lipinski definition) is 1. The first-order chi connectivity index (χ1) is 10.1. The van der Waals surface area contributed by atoms with Gasteiger partial charge in [0, 0.05) is 18.7 Å². The maximum Gasteiger partial charge on any atom is 0.337 e. The molecule has 2 N–H and O–H groups in total. The van der Waals surface area contributed by atoms with E-state index in [0.29, 0.717) is 23.5 Å². The molecule has 0 bridgehead atoms. The Kier molecular flexibility index (Phi) is 4.98. The summed E-state index contributed by atoms with van der Waals surface area (Å²) in [7, 11) is 1.29. The number of imide groups is 1. The van der Waals surface area contributed by atoms with E-state index in [1.54, 1.807) is 12.1 Å². The van der Waals surface area contributed by atoms with Crippen molar-refractivity contribution in [2.24, 2.45) is 5.73 Å². The van der Waals surface area contributed by atoms with Gasteiger partial charge in [-0.05, 0) is 24.3 Å². The lowest BCUT2D eigenvalue weighted by Gasteiger charge is -2.15. The maximum atomic E-state index is 12.2. The van der Waals surface area contributed by atoms with Gasteiger partial charge >= 0.3 is 5.97 Å². The normalized spacial score (nSPS) is 18.2. The van der Waals surface area contributed by atoms with Gasteiger partial charge in [0.25, 0.3) is 0 Å². The lowest BCUT2D eigenvalue weighted by atomic mass is 10.2. The number of esters is 1. The van der Waals surface area contributed by atoms with E-state index >= 15 is 0 Å². The van der Waals surface area contributed by atoms with Crippen LogP contribution in [0.3, 0.4) is 0 Å². The molecule has 0 saturated carbocycles. The number of rotatable bonds is 5. The summed E-state index contributed by atoms with van der Waals surface area (Å²) >= 11 is 1.39. The predicted molar refractivity (Wildman–Crippen MR) is 80.2 cm³/mol. The second-order valence-electron chi connectivity index (χ2n) is 4.46. The molecule has 2 amide bonds. The van der Waals surface area contributed by atoms with Gasteiger partial charge in [-0.3, -0.25) is 9.59 Å². The molecular formula is C14H16N2O4S. The highest BCUT2D eigenvalue weighted by Gasteiger charge is 2.39. The van der Waals surface area contributed by atoms with Crippen LogP contribution in [0.5, 0.6) is 0 Å². The van der Waals surface area contributed by atoms with Crippen LogP contribution < -0.4 is 10.6 Å². The number of benzene rings is 1. The fourth-order valence-electron chi connectivity index (χ4n) is 2.08. The topological polar surface area (TPSA) is 89.7 Å². The van der Waals surface area contributed by atoms with Crippen LogP contribution in [0.4, 0.5) is 5.69 Å². The third kappa shape index (κ3) is 3.25. The summed E-state index contributed by atoms with van der Waals surface area (Å²) in [6.07, 6.45) is 0.183. The number of anilines is 1. The molecule has 1 aliphatic heterocycles. The molecule has 21 heavy (non-hydrogen) atoms. The van der Waals surface area contributed by atoms with E-state index in [1.165, 1.54) is 31.0 Å². The average molecular weight is 308 g/mol. The molecule has 0 radical (unpaired) electrons. The summed E-state index contributed by atoms with van der Waals surface area (Å²) in [5, 5.41) is -0.374. The Morgan fingerprint density at radius 1 is 1.38 bits per heavy atom. The average Bonchev–Trinajstić information content (AvgIpc) is 2.79. The lowest BCUT2D eigenvalue weighted by molar-refractivity contribution is -0.121. The predicted octanol–water partition coefficient (Wildman–Crippen LogP) is 0.797. The van der Waals surface area contributed by atoms with Gasteiger partial charge in [-0.15, -0.1) is 11.8 Å². The third-order valence-electron chi connectivity index (χ3n) is 3.09. The molecule has 1 heterocycles. The molecule has 1 saturated heterocycles. The van der Waals surface area contributed by atoms with Gasteiger partial charge in [0.2, 0.25) is 11.8 Å². The number of carbonyl (C=O) groups is 3.